The van der Waals surface area contributed by atoms with Gasteiger partial charge in [0.25, 0.3) is 0 Å². The van der Waals surface area contributed by atoms with E-state index in [9.17, 15) is 9.59 Å². The van der Waals surface area contributed by atoms with Gasteiger partial charge in [-0.05, 0) is 69.2 Å². The van der Waals surface area contributed by atoms with Crippen molar-refractivity contribution in [3.8, 4) is 0 Å². The Morgan fingerprint density at radius 1 is 1.21 bits per heavy atom. The monoisotopic (exact) mass is 377 g/mol. The van der Waals surface area contributed by atoms with Crippen LogP contribution in [0.5, 0.6) is 0 Å². The Kier molecular flexibility index (Phi) is 5.00. The average Bonchev–Trinajstić information content (AvgIpc) is 2.98. The van der Waals surface area contributed by atoms with Gasteiger partial charge in [-0.25, -0.2) is 4.98 Å². The summed E-state index contributed by atoms with van der Waals surface area (Å²) in [5, 5.41) is 0. The van der Waals surface area contributed by atoms with Crippen LogP contribution < -0.4 is 4.90 Å². The zero-order chi connectivity index (χ0) is 19.7. The third-order valence-corrected chi connectivity index (χ3v) is 6.35. The van der Waals surface area contributed by atoms with E-state index in [2.05, 4.69) is 9.97 Å². The van der Waals surface area contributed by atoms with Crippen LogP contribution in [0.3, 0.4) is 0 Å². The molecule has 4 rings (SSSR count). The molecule has 1 amide bonds. The number of carbonyl (C=O) groups excluding carboxylic acids is 2. The zero-order valence-electron chi connectivity index (χ0n) is 16.6. The number of pyridine rings is 2. The molecule has 0 N–H and O–H groups in total. The lowest BCUT2D eigenvalue weighted by Crippen LogP contribution is -2.39. The molecule has 3 heterocycles. The summed E-state index contributed by atoms with van der Waals surface area (Å²) in [5.41, 5.74) is 2.11. The minimum absolute atomic E-state index is 0.0913. The third kappa shape index (κ3) is 3.46. The number of amides is 1. The predicted molar refractivity (Wildman–Crippen MR) is 108 cm³/mol. The second kappa shape index (κ2) is 7.46. The number of hydrogen-bond acceptors (Lipinski definition) is 4. The summed E-state index contributed by atoms with van der Waals surface area (Å²) in [7, 11) is 0. The van der Waals surface area contributed by atoms with Crippen molar-refractivity contribution in [2.24, 2.45) is 11.3 Å². The molecule has 0 aromatic carbocycles. The highest BCUT2D eigenvalue weighted by molar-refractivity contribution is 6.00. The maximum absolute atomic E-state index is 13.4. The van der Waals surface area contributed by atoms with Crippen molar-refractivity contribution in [1.82, 2.24) is 9.97 Å². The van der Waals surface area contributed by atoms with E-state index in [0.717, 1.165) is 55.7 Å². The first kappa shape index (κ1) is 18.8. The lowest BCUT2D eigenvalue weighted by molar-refractivity contribution is -0.128. The van der Waals surface area contributed by atoms with Crippen molar-refractivity contribution in [2.75, 3.05) is 11.4 Å². The van der Waals surface area contributed by atoms with Crippen molar-refractivity contribution in [3.05, 3.63) is 53.5 Å². The highest BCUT2D eigenvalue weighted by Gasteiger charge is 2.50. The number of aryl methyl sites for hydroxylation is 2. The molecule has 1 spiro atoms. The van der Waals surface area contributed by atoms with Gasteiger partial charge in [-0.1, -0.05) is 18.6 Å². The third-order valence-electron chi connectivity index (χ3n) is 6.35. The normalized spacial score (nSPS) is 24.7. The van der Waals surface area contributed by atoms with Gasteiger partial charge in [0.15, 0.2) is 5.78 Å². The standard InChI is InChI=1S/C23H27N3O2/c1-16-6-5-12-24-21(16)26-13-11-23(22(26)28)10-4-8-18(15-23)14-20(27)19-9-3-7-17(2)25-19/h3,5-7,9,12,18H,4,8,10-11,13-15H2,1-2H3/t18-,23+/m1/s1. The van der Waals surface area contributed by atoms with Crippen molar-refractivity contribution >= 4 is 17.5 Å². The molecule has 2 fully saturated rings. The van der Waals surface area contributed by atoms with Crippen LogP contribution >= 0.6 is 0 Å². The molecule has 1 aliphatic carbocycles. The second-order valence-corrected chi connectivity index (χ2v) is 8.38. The molecule has 1 aliphatic heterocycles. The second-order valence-electron chi connectivity index (χ2n) is 8.38. The van der Waals surface area contributed by atoms with Crippen LogP contribution in [0, 0.1) is 25.2 Å². The van der Waals surface area contributed by atoms with Gasteiger partial charge in [0, 0.05) is 24.9 Å². The first-order valence-electron chi connectivity index (χ1n) is 10.2. The van der Waals surface area contributed by atoms with E-state index in [4.69, 9.17) is 0 Å². The van der Waals surface area contributed by atoms with Crippen LogP contribution in [0.4, 0.5) is 5.82 Å². The van der Waals surface area contributed by atoms with Crippen molar-refractivity contribution in [2.45, 2.75) is 52.4 Å². The largest absolute Gasteiger partial charge is 0.296 e. The number of hydrogen-bond donors (Lipinski definition) is 0. The first-order valence-corrected chi connectivity index (χ1v) is 10.2. The minimum Gasteiger partial charge on any atom is -0.296 e. The molecule has 28 heavy (non-hydrogen) atoms. The summed E-state index contributed by atoms with van der Waals surface area (Å²) in [6.45, 7) is 4.62. The number of rotatable bonds is 4. The van der Waals surface area contributed by atoms with Gasteiger partial charge in [-0.15, -0.1) is 0 Å². The lowest BCUT2D eigenvalue weighted by Gasteiger charge is -2.36. The van der Waals surface area contributed by atoms with Crippen LogP contribution in [-0.2, 0) is 4.79 Å². The van der Waals surface area contributed by atoms with Gasteiger partial charge in [-0.2, -0.15) is 0 Å². The Morgan fingerprint density at radius 3 is 2.86 bits per heavy atom. The maximum Gasteiger partial charge on any atom is 0.234 e. The molecule has 0 unspecified atom stereocenters. The molecule has 2 atom stereocenters. The van der Waals surface area contributed by atoms with Crippen molar-refractivity contribution < 1.29 is 9.59 Å². The molecule has 146 valence electrons. The summed E-state index contributed by atoms with van der Waals surface area (Å²) in [5.74, 6) is 1.32. The first-order chi connectivity index (χ1) is 13.5. The van der Waals surface area contributed by atoms with E-state index in [1.165, 1.54) is 0 Å². The SMILES string of the molecule is Cc1cccc(C(=O)C[C@H]2CCC[C@]3(CCN(c4ncccc4C)C3=O)C2)n1. The molecule has 2 aromatic rings. The number of carbonyl (C=O) groups is 2. The Bertz CT molecular complexity index is 910. The fourth-order valence-electron chi connectivity index (χ4n) is 4.93. The van der Waals surface area contributed by atoms with E-state index >= 15 is 0 Å². The van der Waals surface area contributed by atoms with Crippen LogP contribution in [0.15, 0.2) is 36.5 Å². The Hall–Kier alpha value is -2.56. The smallest absolute Gasteiger partial charge is 0.234 e. The van der Waals surface area contributed by atoms with Crippen LogP contribution in [0.25, 0.3) is 0 Å². The highest BCUT2D eigenvalue weighted by Crippen LogP contribution is 2.48. The predicted octanol–water partition coefficient (Wildman–Crippen LogP) is 4.28. The van der Waals surface area contributed by atoms with Gasteiger partial charge in [0.05, 0.1) is 5.41 Å². The molecule has 5 heteroatoms. The molecule has 0 radical (unpaired) electrons. The molecular weight excluding hydrogens is 350 g/mol. The van der Waals surface area contributed by atoms with Gasteiger partial charge >= 0.3 is 0 Å². The van der Waals surface area contributed by atoms with E-state index in [1.54, 1.807) is 12.3 Å². The van der Waals surface area contributed by atoms with Crippen molar-refractivity contribution in [1.29, 1.82) is 0 Å². The summed E-state index contributed by atoms with van der Waals surface area (Å²) >= 11 is 0. The number of Topliss-reactive ketones (excluding diaryl/α,β-unsaturated/α-hetero) is 1. The molecule has 0 bridgehead atoms. The average molecular weight is 377 g/mol. The topological polar surface area (TPSA) is 63.2 Å². The molecule has 1 saturated heterocycles. The summed E-state index contributed by atoms with van der Waals surface area (Å²) in [4.78, 5) is 36.8. The van der Waals surface area contributed by atoms with Gasteiger partial charge in [-0.3, -0.25) is 19.5 Å². The minimum atomic E-state index is -0.326. The Balaban J connectivity index is 1.48. The van der Waals surface area contributed by atoms with E-state index in [0.29, 0.717) is 12.1 Å². The zero-order valence-corrected chi connectivity index (χ0v) is 16.6. The Labute approximate surface area is 166 Å². The molecular formula is C23H27N3O2. The lowest BCUT2D eigenvalue weighted by atomic mass is 9.67. The fraction of sp³-hybridized carbons (Fsp3) is 0.478. The highest BCUT2D eigenvalue weighted by atomic mass is 16.2. The molecule has 1 saturated carbocycles. The van der Waals surface area contributed by atoms with Gasteiger partial charge in [0.2, 0.25) is 5.91 Å². The van der Waals surface area contributed by atoms with Crippen LogP contribution in [-0.4, -0.2) is 28.2 Å². The quantitative estimate of drug-likeness (QED) is 0.746. The van der Waals surface area contributed by atoms with Crippen LogP contribution in [0.1, 0.15) is 60.3 Å². The van der Waals surface area contributed by atoms with E-state index in [1.807, 2.05) is 43.0 Å². The maximum atomic E-state index is 13.4. The van der Waals surface area contributed by atoms with Gasteiger partial charge in [0.1, 0.15) is 11.5 Å². The van der Waals surface area contributed by atoms with E-state index < -0.39 is 0 Å². The fourth-order valence-corrected chi connectivity index (χ4v) is 4.93. The summed E-state index contributed by atoms with van der Waals surface area (Å²) in [6.07, 6.45) is 6.81. The van der Waals surface area contributed by atoms with E-state index in [-0.39, 0.29) is 23.0 Å². The molecule has 5 nitrogen and oxygen atoms in total. The Morgan fingerprint density at radius 2 is 2.07 bits per heavy atom. The van der Waals surface area contributed by atoms with Gasteiger partial charge < -0.3 is 0 Å². The number of anilines is 1. The molecule has 2 aliphatic rings. The number of aromatic nitrogens is 2. The van der Waals surface area contributed by atoms with Crippen LogP contribution in [0.2, 0.25) is 0 Å². The summed E-state index contributed by atoms with van der Waals surface area (Å²) in [6, 6.07) is 9.47. The number of ketones is 1. The molecule has 2 aromatic heterocycles. The van der Waals surface area contributed by atoms with Crippen molar-refractivity contribution in [3.63, 3.8) is 0 Å². The summed E-state index contributed by atoms with van der Waals surface area (Å²) < 4.78 is 0. The number of nitrogens with zero attached hydrogens (tertiary/aromatic N) is 3.